The molecule has 0 rings (SSSR count). The lowest BCUT2D eigenvalue weighted by Gasteiger charge is -1.97. The van der Waals surface area contributed by atoms with Gasteiger partial charge in [-0.3, -0.25) is 0 Å². The highest BCUT2D eigenvalue weighted by Crippen LogP contribution is 1.84. The maximum Gasteiger partial charge on any atom is 0.508 e. The van der Waals surface area contributed by atoms with Gasteiger partial charge in [-0.15, -0.1) is 0 Å². The molecule has 0 aromatic rings. The molecule has 0 amide bonds. The first kappa shape index (κ1) is 22.2. The topological polar surface area (TPSA) is 82.1 Å². The van der Waals surface area contributed by atoms with Crippen molar-refractivity contribution in [3.8, 4) is 0 Å². The normalized spacial score (nSPS) is 7.65. The van der Waals surface area contributed by atoms with Crippen LogP contribution in [0.1, 0.15) is 0 Å². The minimum Gasteiger partial charge on any atom is -0.457 e. The van der Waals surface area contributed by atoms with E-state index in [1.807, 2.05) is 0 Å². The van der Waals surface area contributed by atoms with E-state index in [9.17, 15) is 9.59 Å². The summed E-state index contributed by atoms with van der Waals surface area (Å²) in [5.74, 6) is 0. The second-order valence-electron chi connectivity index (χ2n) is 1.85. The summed E-state index contributed by atoms with van der Waals surface area (Å²) in [6.07, 6.45) is -0.635. The molecular formula is C8H15Br2ClO6. The van der Waals surface area contributed by atoms with Crippen molar-refractivity contribution in [2.75, 3.05) is 38.1 Å². The van der Waals surface area contributed by atoms with E-state index < -0.39 is 11.6 Å². The summed E-state index contributed by atoms with van der Waals surface area (Å²) >= 11 is 10.7. The maximum absolute atomic E-state index is 10.1. The summed E-state index contributed by atoms with van der Waals surface area (Å²) in [6.45, 7) is 0.590. The lowest BCUT2D eigenvalue weighted by molar-refractivity contribution is 0.0781. The minimum atomic E-state index is -0.773. The van der Waals surface area contributed by atoms with Gasteiger partial charge in [0.15, 0.2) is 0 Å². The van der Waals surface area contributed by atoms with Crippen LogP contribution in [0.25, 0.3) is 0 Å². The molecular weight excluding hydrogens is 387 g/mol. The van der Waals surface area contributed by atoms with Crippen LogP contribution in [0.4, 0.5) is 9.59 Å². The lowest BCUT2D eigenvalue weighted by Crippen LogP contribution is -2.05. The average molecular weight is 402 g/mol. The number of alkyl halides is 2. The van der Waals surface area contributed by atoms with Crippen molar-refractivity contribution in [2.45, 2.75) is 0 Å². The second kappa shape index (κ2) is 21.3. The molecule has 0 unspecified atom stereocenters. The van der Waals surface area contributed by atoms with Crippen molar-refractivity contribution >= 4 is 55.0 Å². The van der Waals surface area contributed by atoms with Crippen molar-refractivity contribution in [1.82, 2.24) is 0 Å². The zero-order chi connectivity index (χ0) is 14.1. The molecule has 0 aliphatic carbocycles. The van der Waals surface area contributed by atoms with Crippen LogP contribution in [0.15, 0.2) is 0 Å². The van der Waals surface area contributed by atoms with Crippen LogP contribution in [0, 0.1) is 0 Å². The van der Waals surface area contributed by atoms with E-state index in [1.54, 1.807) is 0 Å². The first-order valence-electron chi connectivity index (χ1n) is 4.17. The number of ether oxygens (including phenoxy) is 3. The zero-order valence-electron chi connectivity index (χ0n) is 9.45. The Morgan fingerprint density at radius 1 is 1.18 bits per heavy atom. The van der Waals surface area contributed by atoms with Gasteiger partial charge in [0.05, 0.1) is 20.8 Å². The Hall–Kier alpha value is -0.0500. The summed E-state index contributed by atoms with van der Waals surface area (Å²) in [6, 6.07) is 0. The quantitative estimate of drug-likeness (QED) is 0.444. The van der Waals surface area contributed by atoms with Crippen molar-refractivity contribution in [3.05, 3.63) is 0 Å². The maximum atomic E-state index is 10.1. The number of halogens is 3. The Balaban J connectivity index is -0.000000188. The van der Waals surface area contributed by atoms with E-state index >= 15 is 0 Å². The molecule has 0 aromatic carbocycles. The van der Waals surface area contributed by atoms with Crippen molar-refractivity contribution in [1.29, 1.82) is 0 Å². The molecule has 9 heteroatoms. The number of hydrogen-bond acceptors (Lipinski definition) is 6. The van der Waals surface area contributed by atoms with Gasteiger partial charge in [0.2, 0.25) is 0 Å². The minimum absolute atomic E-state index is 0.236. The summed E-state index contributed by atoms with van der Waals surface area (Å²) in [5, 5.41) is 9.16. The van der Waals surface area contributed by atoms with Gasteiger partial charge in [-0.05, 0) is 0 Å². The number of methoxy groups -OCH3 is 2. The number of aliphatic hydroxyl groups is 1. The van der Waals surface area contributed by atoms with Crippen molar-refractivity contribution < 1.29 is 28.9 Å². The molecule has 17 heavy (non-hydrogen) atoms. The summed E-state index contributed by atoms with van der Waals surface area (Å²) in [7, 11) is 2.49. The number of rotatable bonds is 3. The van der Waals surface area contributed by atoms with Gasteiger partial charge in [-0.25, -0.2) is 9.59 Å². The average Bonchev–Trinajstić information content (AvgIpc) is 2.36. The van der Waals surface area contributed by atoms with Gasteiger partial charge < -0.3 is 19.3 Å². The fourth-order valence-electron chi connectivity index (χ4n) is 0.181. The molecule has 0 spiro atoms. The van der Waals surface area contributed by atoms with Gasteiger partial charge in [0.25, 0.3) is 0 Å². The fraction of sp³-hybridized carbons (Fsp3) is 0.750. The highest BCUT2D eigenvalue weighted by atomic mass is 79.9. The Bertz CT molecular complexity index is 179. The first-order chi connectivity index (χ1) is 7.99. The first-order valence-corrected chi connectivity index (χ1v) is 6.79. The van der Waals surface area contributed by atoms with Crippen LogP contribution in [-0.2, 0) is 14.2 Å². The third-order valence-electron chi connectivity index (χ3n) is 0.709. The number of aliphatic hydroxyl groups excluding tert-OH is 1. The van der Waals surface area contributed by atoms with Gasteiger partial charge >= 0.3 is 11.6 Å². The summed E-state index contributed by atoms with van der Waals surface area (Å²) in [4.78, 5) is 19.5. The van der Waals surface area contributed by atoms with E-state index in [1.165, 1.54) is 14.2 Å². The van der Waals surface area contributed by atoms with Crippen LogP contribution < -0.4 is 0 Å². The molecule has 0 heterocycles. The molecule has 1 N–H and O–H groups in total. The van der Waals surface area contributed by atoms with Gasteiger partial charge in [0.1, 0.15) is 6.61 Å². The molecule has 0 saturated carbocycles. The molecule has 0 aliphatic rings. The standard InChI is InChI=1S/C4H7BrO3.C2H5BrO.C2H3ClO2/c1-7-4(6)8-3-2-5;3-1-2-4;1-5-2(3)4/h2-3H2,1H3;4H,1-2H2;1H3. The largest absolute Gasteiger partial charge is 0.508 e. The van der Waals surface area contributed by atoms with Crippen LogP contribution >= 0.6 is 43.5 Å². The monoisotopic (exact) mass is 400 g/mol. The van der Waals surface area contributed by atoms with E-state index in [0.717, 1.165) is 0 Å². The Labute approximate surface area is 122 Å². The fourth-order valence-corrected chi connectivity index (χ4v) is 0.343. The Morgan fingerprint density at radius 2 is 1.59 bits per heavy atom. The highest BCUT2D eigenvalue weighted by Gasteiger charge is 1.95. The third-order valence-corrected chi connectivity index (χ3v) is 1.54. The Morgan fingerprint density at radius 3 is 1.76 bits per heavy atom. The van der Waals surface area contributed by atoms with Gasteiger partial charge in [0, 0.05) is 22.3 Å². The molecule has 0 saturated heterocycles. The molecule has 0 radical (unpaired) electrons. The SMILES string of the molecule is COC(=O)Cl.COC(=O)OCCBr.OCCBr. The van der Waals surface area contributed by atoms with E-state index in [-0.39, 0.29) is 6.61 Å². The second-order valence-corrected chi connectivity index (χ2v) is 3.74. The molecule has 104 valence electrons. The predicted molar refractivity (Wildman–Crippen MR) is 71.3 cm³/mol. The van der Waals surface area contributed by atoms with Gasteiger partial charge in [-0.1, -0.05) is 31.9 Å². The predicted octanol–water partition coefficient (Wildman–Crippen LogP) is 2.53. The molecule has 0 fully saturated rings. The smallest absolute Gasteiger partial charge is 0.457 e. The Kier molecular flexibility index (Phi) is 27.7. The number of carbonyl (C=O) groups is 2. The van der Waals surface area contributed by atoms with Crippen molar-refractivity contribution in [3.63, 3.8) is 0 Å². The molecule has 0 bridgehead atoms. The molecule has 0 aliphatic heterocycles. The van der Waals surface area contributed by atoms with E-state index in [2.05, 4.69) is 57.7 Å². The van der Waals surface area contributed by atoms with Crippen LogP contribution in [0.5, 0.6) is 0 Å². The van der Waals surface area contributed by atoms with Crippen LogP contribution in [0.3, 0.4) is 0 Å². The van der Waals surface area contributed by atoms with Crippen molar-refractivity contribution in [2.24, 2.45) is 0 Å². The van der Waals surface area contributed by atoms with Gasteiger partial charge in [-0.2, -0.15) is 0 Å². The third kappa shape index (κ3) is 38.7. The lowest BCUT2D eigenvalue weighted by atomic mass is 10.9. The highest BCUT2D eigenvalue weighted by molar-refractivity contribution is 9.09. The molecule has 0 aromatic heterocycles. The summed E-state index contributed by atoms with van der Waals surface area (Å²) < 4.78 is 12.5. The number of carbonyl (C=O) groups excluding carboxylic acids is 2. The van der Waals surface area contributed by atoms with Crippen LogP contribution in [0.2, 0.25) is 0 Å². The molecule has 6 nitrogen and oxygen atoms in total. The van der Waals surface area contributed by atoms with E-state index in [4.69, 9.17) is 5.11 Å². The number of hydrogen-bond donors (Lipinski definition) is 1. The van der Waals surface area contributed by atoms with E-state index in [0.29, 0.717) is 17.3 Å². The van der Waals surface area contributed by atoms with Crippen LogP contribution in [-0.4, -0.2) is 54.8 Å². The summed E-state index contributed by atoms with van der Waals surface area (Å²) in [5.41, 5.74) is -0.773. The zero-order valence-corrected chi connectivity index (χ0v) is 13.4. The molecule has 0 atom stereocenters.